The molecule has 2 heterocycles. The molecule has 2 rings (SSSR count). The Labute approximate surface area is 138 Å². The van der Waals surface area contributed by atoms with Crippen molar-refractivity contribution in [1.82, 2.24) is 10.3 Å². The van der Waals surface area contributed by atoms with Gasteiger partial charge in [0.2, 0.25) is 0 Å². The number of nitrogens with zero attached hydrogens (tertiary/aromatic N) is 2. The molecule has 1 aromatic rings. The first-order chi connectivity index (χ1) is 10.1. The summed E-state index contributed by atoms with van der Waals surface area (Å²) in [5.74, 6) is -0.211. The average molecular weight is 328 g/mol. The molecule has 0 saturated carbocycles. The van der Waals surface area contributed by atoms with Crippen LogP contribution in [0.3, 0.4) is 0 Å². The second-order valence-electron chi connectivity index (χ2n) is 6.05. The topological polar surface area (TPSA) is 65.5 Å². The maximum atomic E-state index is 10.8. The van der Waals surface area contributed by atoms with Gasteiger partial charge in [0.05, 0.1) is 11.9 Å². The van der Waals surface area contributed by atoms with E-state index in [1.54, 1.807) is 0 Å². The molecule has 124 valence electrons. The van der Waals surface area contributed by atoms with Crippen LogP contribution in [0.4, 0.5) is 5.69 Å². The fourth-order valence-corrected chi connectivity index (χ4v) is 2.93. The zero-order chi connectivity index (χ0) is 15.2. The van der Waals surface area contributed by atoms with Gasteiger partial charge in [-0.05, 0) is 29.9 Å². The molecule has 22 heavy (non-hydrogen) atoms. The van der Waals surface area contributed by atoms with Crippen molar-refractivity contribution in [2.24, 2.45) is 5.92 Å². The third-order valence-corrected chi connectivity index (χ3v) is 4.08. The van der Waals surface area contributed by atoms with Crippen molar-refractivity contribution < 1.29 is 9.90 Å². The smallest absolute Gasteiger partial charge is 0.303 e. The summed E-state index contributed by atoms with van der Waals surface area (Å²) in [7, 11) is 0. The first-order valence-corrected chi connectivity index (χ1v) is 7.68. The molecule has 1 aromatic heterocycles. The van der Waals surface area contributed by atoms with Gasteiger partial charge < -0.3 is 15.3 Å². The Morgan fingerprint density at radius 1 is 1.36 bits per heavy atom. The Balaban J connectivity index is 0.00000242. The van der Waals surface area contributed by atoms with Crippen LogP contribution < -0.4 is 10.2 Å². The van der Waals surface area contributed by atoms with E-state index in [0.29, 0.717) is 5.92 Å². The van der Waals surface area contributed by atoms with E-state index in [2.05, 4.69) is 28.2 Å². The molecule has 0 aliphatic carbocycles. The fraction of sp³-hybridized carbons (Fsp3) is 0.625. The SMILES string of the molecule is CC(CC(=O)O)CC(C)c1cncc(N2CCNCC2)c1.Cl. The molecule has 0 aromatic carbocycles. The highest BCUT2D eigenvalue weighted by atomic mass is 35.5. The zero-order valence-electron chi connectivity index (χ0n) is 13.3. The Morgan fingerprint density at radius 2 is 2.05 bits per heavy atom. The third kappa shape index (κ3) is 5.46. The van der Waals surface area contributed by atoms with Crippen LogP contribution >= 0.6 is 12.4 Å². The monoisotopic (exact) mass is 327 g/mol. The van der Waals surface area contributed by atoms with E-state index in [4.69, 9.17) is 5.11 Å². The number of aromatic nitrogens is 1. The van der Waals surface area contributed by atoms with Gasteiger partial charge in [-0.1, -0.05) is 13.8 Å². The quantitative estimate of drug-likeness (QED) is 0.840. The van der Waals surface area contributed by atoms with Crippen LogP contribution in [-0.2, 0) is 4.79 Å². The molecular formula is C16H26ClN3O2. The van der Waals surface area contributed by atoms with E-state index in [-0.39, 0.29) is 24.7 Å². The van der Waals surface area contributed by atoms with Crippen LogP contribution in [0.25, 0.3) is 0 Å². The van der Waals surface area contributed by atoms with Crippen LogP contribution in [-0.4, -0.2) is 42.2 Å². The molecule has 0 spiro atoms. The summed E-state index contributed by atoms with van der Waals surface area (Å²) in [5, 5.41) is 12.2. The van der Waals surface area contributed by atoms with Gasteiger partial charge in [0.1, 0.15) is 0 Å². The number of anilines is 1. The van der Waals surface area contributed by atoms with Gasteiger partial charge in [-0.3, -0.25) is 9.78 Å². The molecular weight excluding hydrogens is 302 g/mol. The van der Waals surface area contributed by atoms with Crippen molar-refractivity contribution >= 4 is 24.1 Å². The van der Waals surface area contributed by atoms with Crippen LogP contribution in [0.15, 0.2) is 18.5 Å². The van der Waals surface area contributed by atoms with Crippen molar-refractivity contribution in [2.45, 2.75) is 32.6 Å². The molecule has 1 aliphatic heterocycles. The number of piperazine rings is 1. The second-order valence-corrected chi connectivity index (χ2v) is 6.05. The fourth-order valence-electron chi connectivity index (χ4n) is 2.93. The largest absolute Gasteiger partial charge is 0.481 e. The molecule has 2 unspecified atom stereocenters. The summed E-state index contributed by atoms with van der Waals surface area (Å²) in [6.07, 6.45) is 4.93. The Morgan fingerprint density at radius 3 is 2.68 bits per heavy atom. The molecule has 1 aliphatic rings. The van der Waals surface area contributed by atoms with Crippen molar-refractivity contribution in [3.05, 3.63) is 24.0 Å². The zero-order valence-corrected chi connectivity index (χ0v) is 14.1. The summed E-state index contributed by atoms with van der Waals surface area (Å²) < 4.78 is 0. The predicted molar refractivity (Wildman–Crippen MR) is 91.0 cm³/mol. The number of carboxylic acid groups (broad SMARTS) is 1. The summed E-state index contributed by atoms with van der Waals surface area (Å²) >= 11 is 0. The highest BCUT2D eigenvalue weighted by Gasteiger charge is 2.16. The molecule has 5 nitrogen and oxygen atoms in total. The number of pyridine rings is 1. The minimum atomic E-state index is -0.720. The number of hydrogen-bond donors (Lipinski definition) is 2. The second kappa shape index (κ2) is 8.96. The Kier molecular flexibility index (Phi) is 7.62. The lowest BCUT2D eigenvalue weighted by molar-refractivity contribution is -0.138. The van der Waals surface area contributed by atoms with Gasteiger partial charge in [0.25, 0.3) is 0 Å². The summed E-state index contributed by atoms with van der Waals surface area (Å²) in [5.41, 5.74) is 2.37. The van der Waals surface area contributed by atoms with Crippen molar-refractivity contribution in [3.63, 3.8) is 0 Å². The Hall–Kier alpha value is -1.33. The highest BCUT2D eigenvalue weighted by molar-refractivity contribution is 5.85. The molecule has 6 heteroatoms. The number of aliphatic carboxylic acids is 1. The first-order valence-electron chi connectivity index (χ1n) is 7.68. The van der Waals surface area contributed by atoms with Crippen LogP contribution in [0.1, 0.15) is 38.2 Å². The molecule has 0 radical (unpaired) electrons. The Bertz CT molecular complexity index is 478. The van der Waals surface area contributed by atoms with Gasteiger partial charge in [0.15, 0.2) is 0 Å². The van der Waals surface area contributed by atoms with E-state index >= 15 is 0 Å². The number of carboxylic acids is 1. The molecule has 0 amide bonds. The summed E-state index contributed by atoms with van der Waals surface area (Å²) in [4.78, 5) is 17.5. The standard InChI is InChI=1S/C16H25N3O2.ClH/c1-12(8-16(20)21)7-13(2)14-9-15(11-18-10-14)19-5-3-17-4-6-19;/h9-13,17H,3-8H2,1-2H3,(H,20,21);1H. The normalized spacial score (nSPS) is 17.5. The minimum absolute atomic E-state index is 0. The number of halogens is 1. The van der Waals surface area contributed by atoms with Gasteiger partial charge in [0, 0.05) is 38.8 Å². The van der Waals surface area contributed by atoms with Crippen molar-refractivity contribution in [3.8, 4) is 0 Å². The third-order valence-electron chi connectivity index (χ3n) is 4.08. The van der Waals surface area contributed by atoms with E-state index in [1.165, 1.54) is 11.3 Å². The lowest BCUT2D eigenvalue weighted by atomic mass is 9.90. The summed E-state index contributed by atoms with van der Waals surface area (Å²) in [6, 6.07) is 2.20. The van der Waals surface area contributed by atoms with Gasteiger partial charge in [-0.2, -0.15) is 0 Å². The molecule has 0 bridgehead atoms. The number of nitrogens with one attached hydrogen (secondary N) is 1. The molecule has 2 atom stereocenters. The van der Waals surface area contributed by atoms with E-state index in [1.807, 2.05) is 19.3 Å². The van der Waals surface area contributed by atoms with Crippen molar-refractivity contribution in [1.29, 1.82) is 0 Å². The summed E-state index contributed by atoms with van der Waals surface area (Å²) in [6.45, 7) is 8.18. The lowest BCUT2D eigenvalue weighted by Gasteiger charge is -2.29. The maximum Gasteiger partial charge on any atom is 0.303 e. The minimum Gasteiger partial charge on any atom is -0.481 e. The van der Waals surface area contributed by atoms with Gasteiger partial charge in [-0.15, -0.1) is 12.4 Å². The number of rotatable bonds is 6. The highest BCUT2D eigenvalue weighted by Crippen LogP contribution is 2.27. The van der Waals surface area contributed by atoms with Crippen LogP contribution in [0, 0.1) is 5.92 Å². The van der Waals surface area contributed by atoms with Gasteiger partial charge in [-0.25, -0.2) is 0 Å². The molecule has 2 N–H and O–H groups in total. The number of hydrogen-bond acceptors (Lipinski definition) is 4. The molecule has 1 saturated heterocycles. The van der Waals surface area contributed by atoms with Crippen LogP contribution in [0.5, 0.6) is 0 Å². The van der Waals surface area contributed by atoms with E-state index < -0.39 is 5.97 Å². The first kappa shape index (κ1) is 18.7. The van der Waals surface area contributed by atoms with E-state index in [0.717, 1.165) is 32.6 Å². The van der Waals surface area contributed by atoms with Gasteiger partial charge >= 0.3 is 5.97 Å². The lowest BCUT2D eigenvalue weighted by Crippen LogP contribution is -2.43. The average Bonchev–Trinajstić information content (AvgIpc) is 2.47. The van der Waals surface area contributed by atoms with Crippen molar-refractivity contribution in [2.75, 3.05) is 31.1 Å². The van der Waals surface area contributed by atoms with E-state index in [9.17, 15) is 4.79 Å². The molecule has 1 fully saturated rings. The number of carbonyl (C=O) groups is 1. The maximum absolute atomic E-state index is 10.8. The predicted octanol–water partition coefficient (Wildman–Crippen LogP) is 2.52. The van der Waals surface area contributed by atoms with Crippen LogP contribution in [0.2, 0.25) is 0 Å².